The molecule has 5 nitrogen and oxygen atoms in total. The van der Waals surface area contributed by atoms with Gasteiger partial charge in [-0.1, -0.05) is 38.8 Å². The Morgan fingerprint density at radius 3 is 2.28 bits per heavy atom. The zero-order chi connectivity index (χ0) is 18.5. The summed E-state index contributed by atoms with van der Waals surface area (Å²) in [4.78, 5) is 16.4. The molecule has 0 saturated carbocycles. The molecule has 0 radical (unpaired) electrons. The number of nitrogens with zero attached hydrogens (tertiary/aromatic N) is 1. The van der Waals surface area contributed by atoms with Crippen molar-refractivity contribution in [3.05, 3.63) is 35.4 Å². The highest BCUT2D eigenvalue weighted by Crippen LogP contribution is 2.06. The van der Waals surface area contributed by atoms with E-state index in [0.717, 1.165) is 37.0 Å². The molecule has 0 unspecified atom stereocenters. The Morgan fingerprint density at radius 2 is 1.68 bits per heavy atom. The van der Waals surface area contributed by atoms with Crippen molar-refractivity contribution in [1.29, 1.82) is 0 Å². The van der Waals surface area contributed by atoms with Crippen molar-refractivity contribution in [2.45, 2.75) is 53.5 Å². The number of carbonyl (C=O) groups excluding carboxylic acids is 1. The third-order valence-corrected chi connectivity index (χ3v) is 3.82. The molecule has 0 spiro atoms. The van der Waals surface area contributed by atoms with Crippen molar-refractivity contribution in [1.82, 2.24) is 16.0 Å². The first-order valence-corrected chi connectivity index (χ1v) is 9.46. The van der Waals surface area contributed by atoms with E-state index in [1.807, 2.05) is 31.2 Å². The molecule has 5 heteroatoms. The summed E-state index contributed by atoms with van der Waals surface area (Å²) in [6, 6.07) is 7.62. The maximum atomic E-state index is 11.8. The van der Waals surface area contributed by atoms with Gasteiger partial charge in [0.25, 0.3) is 5.91 Å². The number of unbranched alkanes of at least 4 members (excludes halogenated alkanes) is 1. The van der Waals surface area contributed by atoms with Crippen molar-refractivity contribution >= 4 is 11.9 Å². The minimum absolute atomic E-state index is 0.0334. The van der Waals surface area contributed by atoms with Gasteiger partial charge in [-0.15, -0.1) is 0 Å². The van der Waals surface area contributed by atoms with Gasteiger partial charge in [0.1, 0.15) is 0 Å². The van der Waals surface area contributed by atoms with Crippen LogP contribution >= 0.6 is 0 Å². The van der Waals surface area contributed by atoms with Crippen LogP contribution in [0.25, 0.3) is 0 Å². The van der Waals surface area contributed by atoms with E-state index in [1.54, 1.807) is 0 Å². The molecule has 0 aliphatic heterocycles. The third kappa shape index (κ3) is 9.13. The summed E-state index contributed by atoms with van der Waals surface area (Å²) in [6.07, 6.45) is 3.67. The lowest BCUT2D eigenvalue weighted by Crippen LogP contribution is -2.37. The van der Waals surface area contributed by atoms with E-state index in [-0.39, 0.29) is 5.91 Å². The van der Waals surface area contributed by atoms with Gasteiger partial charge in [-0.05, 0) is 43.9 Å². The summed E-state index contributed by atoms with van der Waals surface area (Å²) in [5, 5.41) is 9.46. The maximum absolute atomic E-state index is 11.8. The molecule has 1 aromatic carbocycles. The summed E-state index contributed by atoms with van der Waals surface area (Å²) < 4.78 is 0. The normalized spacial score (nSPS) is 11.5. The Labute approximate surface area is 152 Å². The molecule has 25 heavy (non-hydrogen) atoms. The van der Waals surface area contributed by atoms with Crippen LogP contribution in [-0.4, -0.2) is 31.5 Å². The highest BCUT2D eigenvalue weighted by atomic mass is 16.1. The highest BCUT2D eigenvalue weighted by Gasteiger charge is 2.03. The standard InChI is InChI=1S/C20H34N4O/c1-5-21-19(25)18-12-10-17(11-13-18)15-24-20(22-6-2)23-14-8-7-9-16(3)4/h10-13,16H,5-9,14-15H2,1-4H3,(H,21,25)(H2,22,23,24). The minimum Gasteiger partial charge on any atom is -0.357 e. The topological polar surface area (TPSA) is 65.5 Å². The van der Waals surface area contributed by atoms with Crippen molar-refractivity contribution in [2.75, 3.05) is 19.6 Å². The average Bonchev–Trinajstić information content (AvgIpc) is 2.59. The fourth-order valence-electron chi connectivity index (χ4n) is 2.42. The summed E-state index contributed by atoms with van der Waals surface area (Å²) in [7, 11) is 0. The molecule has 0 aliphatic carbocycles. The lowest BCUT2D eigenvalue weighted by molar-refractivity contribution is 0.0956. The predicted octanol–water partition coefficient (Wildman–Crippen LogP) is 3.32. The Morgan fingerprint density at radius 1 is 1.00 bits per heavy atom. The monoisotopic (exact) mass is 346 g/mol. The second-order valence-corrected chi connectivity index (χ2v) is 6.57. The van der Waals surface area contributed by atoms with Crippen molar-refractivity contribution in [3.8, 4) is 0 Å². The largest absolute Gasteiger partial charge is 0.357 e. The van der Waals surface area contributed by atoms with Gasteiger partial charge in [-0.25, -0.2) is 4.99 Å². The van der Waals surface area contributed by atoms with Gasteiger partial charge >= 0.3 is 0 Å². The Hall–Kier alpha value is -2.04. The molecule has 0 heterocycles. The van der Waals surface area contributed by atoms with Crippen LogP contribution in [0.5, 0.6) is 0 Å². The van der Waals surface area contributed by atoms with Crippen LogP contribution in [0.2, 0.25) is 0 Å². The molecule has 0 fully saturated rings. The highest BCUT2D eigenvalue weighted by molar-refractivity contribution is 5.94. The molecule has 1 aromatic rings. The quantitative estimate of drug-likeness (QED) is 0.346. The van der Waals surface area contributed by atoms with Crippen LogP contribution < -0.4 is 16.0 Å². The maximum Gasteiger partial charge on any atom is 0.251 e. The van der Waals surface area contributed by atoms with Crippen molar-refractivity contribution in [3.63, 3.8) is 0 Å². The number of guanidine groups is 1. The van der Waals surface area contributed by atoms with E-state index in [2.05, 4.69) is 41.7 Å². The number of rotatable bonds is 10. The zero-order valence-corrected chi connectivity index (χ0v) is 16.2. The van der Waals surface area contributed by atoms with Crippen molar-refractivity contribution in [2.24, 2.45) is 10.9 Å². The van der Waals surface area contributed by atoms with Gasteiger partial charge in [0, 0.05) is 25.2 Å². The molecule has 0 bridgehead atoms. The molecule has 0 atom stereocenters. The first-order chi connectivity index (χ1) is 12.1. The smallest absolute Gasteiger partial charge is 0.251 e. The number of carbonyl (C=O) groups is 1. The Balaban J connectivity index is 2.49. The summed E-state index contributed by atoms with van der Waals surface area (Å²) >= 11 is 0. The van der Waals surface area contributed by atoms with Crippen molar-refractivity contribution < 1.29 is 4.79 Å². The molecule has 140 valence electrons. The summed E-state index contributed by atoms with van der Waals surface area (Å²) in [5.74, 6) is 1.58. The fraction of sp³-hybridized carbons (Fsp3) is 0.600. The van der Waals surface area contributed by atoms with Gasteiger partial charge in [0.2, 0.25) is 0 Å². The van der Waals surface area contributed by atoms with Gasteiger partial charge in [-0.3, -0.25) is 4.79 Å². The first-order valence-electron chi connectivity index (χ1n) is 9.46. The molecular weight excluding hydrogens is 312 g/mol. The fourth-order valence-corrected chi connectivity index (χ4v) is 2.42. The number of benzene rings is 1. The first kappa shape index (κ1) is 21.0. The molecule has 0 aromatic heterocycles. The Kier molecular flexibility index (Phi) is 10.4. The van der Waals surface area contributed by atoms with Crippen LogP contribution in [-0.2, 0) is 6.54 Å². The second kappa shape index (κ2) is 12.3. The van der Waals surface area contributed by atoms with E-state index in [1.165, 1.54) is 12.8 Å². The third-order valence-electron chi connectivity index (χ3n) is 3.82. The molecule has 0 saturated heterocycles. The molecule has 0 aliphatic rings. The van der Waals surface area contributed by atoms with Crippen LogP contribution in [0.4, 0.5) is 0 Å². The summed E-state index contributed by atoms with van der Waals surface area (Å²) in [6.45, 7) is 11.5. The number of amides is 1. The molecular formula is C20H34N4O. The van der Waals surface area contributed by atoms with Crippen LogP contribution in [0, 0.1) is 5.92 Å². The number of aliphatic imine (C=N–C) groups is 1. The van der Waals surface area contributed by atoms with Crippen LogP contribution in [0.3, 0.4) is 0 Å². The minimum atomic E-state index is -0.0334. The van der Waals surface area contributed by atoms with Gasteiger partial charge in [0.15, 0.2) is 5.96 Å². The van der Waals surface area contributed by atoms with E-state index in [4.69, 9.17) is 0 Å². The predicted molar refractivity (Wildman–Crippen MR) is 106 cm³/mol. The Bertz CT molecular complexity index is 523. The summed E-state index contributed by atoms with van der Waals surface area (Å²) in [5.41, 5.74) is 1.77. The number of nitrogens with one attached hydrogen (secondary N) is 3. The average molecular weight is 347 g/mol. The van der Waals surface area contributed by atoms with Gasteiger partial charge in [-0.2, -0.15) is 0 Å². The number of hydrogen-bond acceptors (Lipinski definition) is 2. The van der Waals surface area contributed by atoms with Gasteiger partial charge < -0.3 is 16.0 Å². The zero-order valence-electron chi connectivity index (χ0n) is 16.2. The number of hydrogen-bond donors (Lipinski definition) is 3. The van der Waals surface area contributed by atoms with E-state index < -0.39 is 0 Å². The molecule has 1 rings (SSSR count). The van der Waals surface area contributed by atoms with E-state index >= 15 is 0 Å². The van der Waals surface area contributed by atoms with Crippen LogP contribution in [0.15, 0.2) is 29.3 Å². The molecule has 1 amide bonds. The lowest BCUT2D eigenvalue weighted by Gasteiger charge is -2.12. The van der Waals surface area contributed by atoms with Crippen LogP contribution in [0.1, 0.15) is 62.9 Å². The van der Waals surface area contributed by atoms with Gasteiger partial charge in [0.05, 0.1) is 6.54 Å². The SMILES string of the molecule is CCNC(=O)c1ccc(CN=C(NCC)NCCCCC(C)C)cc1. The van der Waals surface area contributed by atoms with E-state index in [9.17, 15) is 4.79 Å². The lowest BCUT2D eigenvalue weighted by atomic mass is 10.1. The molecule has 3 N–H and O–H groups in total. The second-order valence-electron chi connectivity index (χ2n) is 6.57. The van der Waals surface area contributed by atoms with E-state index in [0.29, 0.717) is 18.7 Å².